The van der Waals surface area contributed by atoms with Gasteiger partial charge in [-0.2, -0.15) is 0 Å². The molecule has 98 valence electrons. The third-order valence-corrected chi connectivity index (χ3v) is 5.96. The lowest BCUT2D eigenvalue weighted by Gasteiger charge is -2.17. The van der Waals surface area contributed by atoms with Gasteiger partial charge >= 0.3 is 0 Å². The first-order valence-corrected chi connectivity index (χ1v) is 7.86. The first-order valence-electron chi connectivity index (χ1n) is 6.02. The van der Waals surface area contributed by atoms with E-state index in [-0.39, 0.29) is 15.4 Å². The Morgan fingerprint density at radius 2 is 1.89 bits per heavy atom. The molecule has 0 fully saturated rings. The summed E-state index contributed by atoms with van der Waals surface area (Å²) < 4.78 is 0. The zero-order valence-electron chi connectivity index (χ0n) is 10.6. The van der Waals surface area contributed by atoms with Crippen LogP contribution in [0, 0.1) is 0 Å². The highest BCUT2D eigenvalue weighted by Crippen LogP contribution is 2.43. The Hall–Kier alpha value is -0.930. The van der Waals surface area contributed by atoms with Crippen LogP contribution in [-0.4, -0.2) is 10.6 Å². The molecule has 0 heterocycles. The zero-order chi connectivity index (χ0) is 14.0. The number of Topliss-reactive ketones (excluding diaryl/α,β-unsaturated/α-hetero) is 1. The van der Waals surface area contributed by atoms with Crippen LogP contribution in [0.1, 0.15) is 27.7 Å². The van der Waals surface area contributed by atoms with Gasteiger partial charge in [-0.1, -0.05) is 80.9 Å². The molecule has 19 heavy (non-hydrogen) atoms. The molecule has 1 aliphatic rings. The van der Waals surface area contributed by atoms with Crippen molar-refractivity contribution >= 4 is 37.6 Å². The van der Waals surface area contributed by atoms with E-state index in [9.17, 15) is 4.79 Å². The van der Waals surface area contributed by atoms with Gasteiger partial charge in [0.05, 0.1) is 9.65 Å². The molecule has 1 aromatic carbocycles. The van der Waals surface area contributed by atoms with Crippen LogP contribution in [0.3, 0.4) is 0 Å². The third-order valence-electron chi connectivity index (χ3n) is 3.21. The Morgan fingerprint density at radius 1 is 1.21 bits per heavy atom. The highest BCUT2D eigenvalue weighted by Gasteiger charge is 2.33. The molecule has 0 saturated heterocycles. The minimum Gasteiger partial charge on any atom is -0.289 e. The van der Waals surface area contributed by atoms with Gasteiger partial charge in [-0.3, -0.25) is 4.79 Å². The van der Waals surface area contributed by atoms with Crippen LogP contribution in [0.4, 0.5) is 0 Å². The molecule has 0 aliphatic heterocycles. The Labute approximate surface area is 130 Å². The third kappa shape index (κ3) is 2.54. The Bertz CT molecular complexity index is 584. The largest absolute Gasteiger partial charge is 0.289 e. The predicted molar refractivity (Wildman–Crippen MR) is 87.2 cm³/mol. The van der Waals surface area contributed by atoms with Gasteiger partial charge in [0.25, 0.3) is 0 Å². The number of carbonyl (C=O) groups is 1. The number of rotatable bonds is 1. The number of carbonyl (C=O) groups excluding carboxylic acids is 1. The van der Waals surface area contributed by atoms with Gasteiger partial charge in [0.1, 0.15) is 0 Å². The van der Waals surface area contributed by atoms with Crippen molar-refractivity contribution in [2.24, 2.45) is 0 Å². The second-order valence-electron chi connectivity index (χ2n) is 4.28. The minimum atomic E-state index is 0.0509. The Kier molecular flexibility index (Phi) is 4.58. The number of halogens is 2. The van der Waals surface area contributed by atoms with Gasteiger partial charge < -0.3 is 0 Å². The second kappa shape index (κ2) is 6.02. The van der Waals surface area contributed by atoms with E-state index in [4.69, 9.17) is 0 Å². The summed E-state index contributed by atoms with van der Waals surface area (Å²) in [4.78, 5) is 12.8. The predicted octanol–water partition coefficient (Wildman–Crippen LogP) is 5.14. The molecule has 1 aliphatic carbocycles. The number of alkyl halides is 2. The van der Waals surface area contributed by atoms with Crippen LogP contribution in [-0.2, 0) is 0 Å². The fourth-order valence-corrected chi connectivity index (χ4v) is 3.77. The SMILES string of the molecule is C=C/C=C1/C(=O)c2ccccc2C(Br)C(Br)/C1=C/C. The molecule has 1 nitrogen and oxygen atoms in total. The molecular weight excluding hydrogens is 368 g/mol. The highest BCUT2D eigenvalue weighted by molar-refractivity contribution is 9.12. The van der Waals surface area contributed by atoms with Gasteiger partial charge in [-0.05, 0) is 18.1 Å². The Balaban J connectivity index is 2.72. The fourth-order valence-electron chi connectivity index (χ4n) is 2.29. The summed E-state index contributed by atoms with van der Waals surface area (Å²) in [5.41, 5.74) is 3.46. The molecule has 0 saturated carbocycles. The number of fused-ring (bicyclic) bond motifs is 1. The van der Waals surface area contributed by atoms with Crippen molar-refractivity contribution in [1.82, 2.24) is 0 Å². The summed E-state index contributed by atoms with van der Waals surface area (Å²) in [6, 6.07) is 7.72. The number of hydrogen-bond donors (Lipinski definition) is 0. The van der Waals surface area contributed by atoms with E-state index in [2.05, 4.69) is 38.4 Å². The lowest BCUT2D eigenvalue weighted by molar-refractivity contribution is 0.103. The smallest absolute Gasteiger partial charge is 0.193 e. The lowest BCUT2D eigenvalue weighted by atomic mass is 9.97. The van der Waals surface area contributed by atoms with Crippen molar-refractivity contribution < 1.29 is 4.79 Å². The highest BCUT2D eigenvalue weighted by atomic mass is 79.9. The van der Waals surface area contributed by atoms with E-state index in [0.29, 0.717) is 5.57 Å². The minimum absolute atomic E-state index is 0.0509. The van der Waals surface area contributed by atoms with Crippen LogP contribution in [0.15, 0.2) is 60.2 Å². The van der Waals surface area contributed by atoms with Crippen LogP contribution >= 0.6 is 31.9 Å². The molecule has 0 N–H and O–H groups in total. The summed E-state index contributed by atoms with van der Waals surface area (Å²) in [5.74, 6) is 0.0509. The molecule has 3 heteroatoms. The van der Waals surface area contributed by atoms with Crippen molar-refractivity contribution in [3.05, 3.63) is 71.3 Å². The molecule has 0 radical (unpaired) electrons. The molecule has 2 atom stereocenters. The maximum absolute atomic E-state index is 12.7. The monoisotopic (exact) mass is 380 g/mol. The molecule has 2 unspecified atom stereocenters. The zero-order valence-corrected chi connectivity index (χ0v) is 13.7. The van der Waals surface area contributed by atoms with E-state index in [1.54, 1.807) is 12.2 Å². The average Bonchev–Trinajstić information content (AvgIpc) is 2.51. The van der Waals surface area contributed by atoms with Crippen molar-refractivity contribution in [2.45, 2.75) is 16.6 Å². The summed E-state index contributed by atoms with van der Waals surface area (Å²) in [5, 5.41) is 0. The molecule has 0 aromatic heterocycles. The number of allylic oxidation sites excluding steroid dienone is 5. The first kappa shape index (κ1) is 14.5. The van der Waals surface area contributed by atoms with Gasteiger partial charge in [0, 0.05) is 11.1 Å². The van der Waals surface area contributed by atoms with Crippen LogP contribution in [0.2, 0.25) is 0 Å². The van der Waals surface area contributed by atoms with Crippen molar-refractivity contribution in [2.75, 3.05) is 0 Å². The van der Waals surface area contributed by atoms with Crippen molar-refractivity contribution in [3.63, 3.8) is 0 Å². The summed E-state index contributed by atoms with van der Waals surface area (Å²) in [6.45, 7) is 5.65. The van der Waals surface area contributed by atoms with E-state index in [1.165, 1.54) is 0 Å². The fraction of sp³-hybridized carbons (Fsp3) is 0.188. The summed E-state index contributed by atoms with van der Waals surface area (Å²) >= 11 is 7.39. The maximum atomic E-state index is 12.7. The van der Waals surface area contributed by atoms with E-state index in [0.717, 1.165) is 16.7 Å². The first-order chi connectivity index (χ1) is 9.11. The standard InChI is InChI=1S/C16H14Br2O/c1-3-7-12-10(4-2)14(17)15(18)11-8-5-6-9-13(11)16(12)19/h3-9,14-15H,1H2,2H3/b10-4+,12-7+. The molecule has 1 aromatic rings. The molecule has 2 rings (SSSR count). The van der Waals surface area contributed by atoms with Crippen LogP contribution in [0.25, 0.3) is 0 Å². The normalized spacial score (nSPS) is 27.2. The average molecular weight is 382 g/mol. The second-order valence-corrected chi connectivity index (χ2v) is 6.25. The molecular formula is C16H14Br2O. The van der Waals surface area contributed by atoms with E-state index < -0.39 is 0 Å². The van der Waals surface area contributed by atoms with Crippen molar-refractivity contribution in [3.8, 4) is 0 Å². The molecule has 0 amide bonds. The Morgan fingerprint density at radius 3 is 2.53 bits per heavy atom. The van der Waals surface area contributed by atoms with E-state index >= 15 is 0 Å². The van der Waals surface area contributed by atoms with Crippen LogP contribution < -0.4 is 0 Å². The van der Waals surface area contributed by atoms with Gasteiger partial charge in [-0.25, -0.2) is 0 Å². The summed E-state index contributed by atoms with van der Waals surface area (Å²) in [7, 11) is 0. The van der Waals surface area contributed by atoms with Gasteiger partial charge in [0.15, 0.2) is 5.78 Å². The number of ketones is 1. The topological polar surface area (TPSA) is 17.1 Å². The molecule has 0 bridgehead atoms. The van der Waals surface area contributed by atoms with Gasteiger partial charge in [-0.15, -0.1) is 0 Å². The lowest BCUT2D eigenvalue weighted by Crippen LogP contribution is -2.10. The summed E-state index contributed by atoms with van der Waals surface area (Å²) in [6.07, 6.45) is 5.42. The maximum Gasteiger partial charge on any atom is 0.193 e. The number of hydrogen-bond acceptors (Lipinski definition) is 1. The van der Waals surface area contributed by atoms with Crippen molar-refractivity contribution in [1.29, 1.82) is 0 Å². The van der Waals surface area contributed by atoms with E-state index in [1.807, 2.05) is 37.3 Å². The van der Waals surface area contributed by atoms with Crippen LogP contribution in [0.5, 0.6) is 0 Å². The van der Waals surface area contributed by atoms with Gasteiger partial charge in [0.2, 0.25) is 0 Å². The number of benzene rings is 1. The molecule has 0 spiro atoms. The quantitative estimate of drug-likeness (QED) is 0.374.